The van der Waals surface area contributed by atoms with Crippen LogP contribution in [-0.4, -0.2) is 14.9 Å². The fraction of sp³-hybridized carbons (Fsp3) is 0.684. The maximum absolute atomic E-state index is 6.35. The molecule has 0 aromatic heterocycles. The van der Waals surface area contributed by atoms with Crippen LogP contribution in [0.2, 0.25) is 18.1 Å². The van der Waals surface area contributed by atoms with Crippen LogP contribution in [0.5, 0.6) is 0 Å². The van der Waals surface area contributed by atoms with Crippen molar-refractivity contribution in [2.75, 3.05) is 6.61 Å². The molecule has 120 valence electrons. The number of hydrogen-bond donors (Lipinski definition) is 0. The average molecular weight is 307 g/mol. The molecule has 0 saturated carbocycles. The molecule has 0 saturated heterocycles. The molecular weight excluding hydrogens is 272 g/mol. The molecule has 1 aromatic carbocycles. The van der Waals surface area contributed by atoms with Crippen molar-refractivity contribution in [1.29, 1.82) is 0 Å². The van der Waals surface area contributed by atoms with Gasteiger partial charge in [0.25, 0.3) is 0 Å². The standard InChI is InChI=1S/C19H34OSi/c1-15-10-11-17(16(2)14-15)19(6,7)12-13-20-21(8,9)18(3,4)5/h10-11,14H,12-13H2,1-9H3. The van der Waals surface area contributed by atoms with Crippen LogP contribution in [0.25, 0.3) is 0 Å². The van der Waals surface area contributed by atoms with Gasteiger partial charge in [-0.15, -0.1) is 0 Å². The molecule has 0 unspecified atom stereocenters. The number of rotatable bonds is 5. The molecule has 0 aliphatic heterocycles. The van der Waals surface area contributed by atoms with E-state index in [2.05, 4.69) is 79.8 Å². The smallest absolute Gasteiger partial charge is 0.191 e. The zero-order valence-electron chi connectivity index (χ0n) is 15.6. The van der Waals surface area contributed by atoms with Crippen molar-refractivity contribution < 1.29 is 4.43 Å². The Kier molecular flexibility index (Phi) is 5.49. The third-order valence-corrected chi connectivity index (χ3v) is 9.65. The highest BCUT2D eigenvalue weighted by atomic mass is 28.4. The third-order valence-electron chi connectivity index (χ3n) is 5.11. The summed E-state index contributed by atoms with van der Waals surface area (Å²) < 4.78 is 6.35. The first-order valence-electron chi connectivity index (χ1n) is 8.08. The van der Waals surface area contributed by atoms with Crippen molar-refractivity contribution in [3.05, 3.63) is 34.9 Å². The minimum Gasteiger partial charge on any atom is -0.417 e. The van der Waals surface area contributed by atoms with E-state index in [-0.39, 0.29) is 10.5 Å². The van der Waals surface area contributed by atoms with Crippen LogP contribution < -0.4 is 0 Å². The van der Waals surface area contributed by atoms with E-state index in [9.17, 15) is 0 Å². The first-order valence-corrected chi connectivity index (χ1v) is 11.0. The molecule has 1 aromatic rings. The van der Waals surface area contributed by atoms with Gasteiger partial charge in [0, 0.05) is 6.61 Å². The first-order chi connectivity index (χ1) is 9.37. The van der Waals surface area contributed by atoms with Gasteiger partial charge in [-0.3, -0.25) is 0 Å². The van der Waals surface area contributed by atoms with Crippen molar-refractivity contribution in [3.8, 4) is 0 Å². The second-order valence-corrected chi connectivity index (χ2v) is 13.4. The van der Waals surface area contributed by atoms with Crippen LogP contribution in [-0.2, 0) is 9.84 Å². The number of hydrogen-bond acceptors (Lipinski definition) is 1. The molecule has 0 aliphatic rings. The highest BCUT2D eigenvalue weighted by Crippen LogP contribution is 2.37. The summed E-state index contributed by atoms with van der Waals surface area (Å²) in [6.45, 7) is 21.5. The molecule has 0 N–H and O–H groups in total. The van der Waals surface area contributed by atoms with Crippen LogP contribution >= 0.6 is 0 Å². The molecule has 0 aliphatic carbocycles. The molecule has 21 heavy (non-hydrogen) atoms. The molecule has 0 fully saturated rings. The van der Waals surface area contributed by atoms with Crippen molar-refractivity contribution in [1.82, 2.24) is 0 Å². The van der Waals surface area contributed by atoms with E-state index in [4.69, 9.17) is 4.43 Å². The molecule has 0 atom stereocenters. The van der Waals surface area contributed by atoms with E-state index < -0.39 is 8.32 Å². The maximum atomic E-state index is 6.35. The zero-order chi connectivity index (χ0) is 16.5. The van der Waals surface area contributed by atoms with Gasteiger partial charge < -0.3 is 4.43 Å². The Bertz CT molecular complexity index is 481. The molecule has 0 amide bonds. The van der Waals surface area contributed by atoms with Gasteiger partial charge in [-0.1, -0.05) is 58.4 Å². The minimum absolute atomic E-state index is 0.167. The normalized spacial score (nSPS) is 13.6. The molecule has 0 radical (unpaired) electrons. The van der Waals surface area contributed by atoms with Crippen molar-refractivity contribution in [3.63, 3.8) is 0 Å². The fourth-order valence-electron chi connectivity index (χ4n) is 2.49. The predicted molar refractivity (Wildman–Crippen MR) is 96.7 cm³/mol. The van der Waals surface area contributed by atoms with E-state index in [1.807, 2.05) is 0 Å². The predicted octanol–water partition coefficient (Wildman–Crippen LogP) is 5.99. The van der Waals surface area contributed by atoms with E-state index in [0.717, 1.165) is 13.0 Å². The largest absolute Gasteiger partial charge is 0.417 e. The van der Waals surface area contributed by atoms with Gasteiger partial charge in [-0.05, 0) is 54.9 Å². The Morgan fingerprint density at radius 3 is 2.05 bits per heavy atom. The lowest BCUT2D eigenvalue weighted by Gasteiger charge is -2.37. The lowest BCUT2D eigenvalue weighted by molar-refractivity contribution is 0.250. The summed E-state index contributed by atoms with van der Waals surface area (Å²) in [6, 6.07) is 6.79. The second kappa shape index (κ2) is 6.25. The van der Waals surface area contributed by atoms with Crippen molar-refractivity contribution in [2.24, 2.45) is 0 Å². The summed E-state index contributed by atoms with van der Waals surface area (Å²) in [4.78, 5) is 0. The fourth-order valence-corrected chi connectivity index (χ4v) is 3.53. The highest BCUT2D eigenvalue weighted by Gasteiger charge is 2.37. The molecule has 1 rings (SSSR count). The number of aryl methyl sites for hydroxylation is 2. The van der Waals surface area contributed by atoms with Gasteiger partial charge in [0.1, 0.15) is 0 Å². The van der Waals surface area contributed by atoms with Gasteiger partial charge >= 0.3 is 0 Å². The molecule has 1 nitrogen and oxygen atoms in total. The van der Waals surface area contributed by atoms with Crippen LogP contribution in [0, 0.1) is 13.8 Å². The Morgan fingerprint density at radius 1 is 1.00 bits per heavy atom. The van der Waals surface area contributed by atoms with E-state index in [0.29, 0.717) is 0 Å². The Balaban J connectivity index is 2.74. The first kappa shape index (κ1) is 18.4. The van der Waals surface area contributed by atoms with E-state index in [1.54, 1.807) is 0 Å². The zero-order valence-corrected chi connectivity index (χ0v) is 16.6. The van der Waals surface area contributed by atoms with Crippen molar-refractivity contribution >= 4 is 8.32 Å². The van der Waals surface area contributed by atoms with Crippen LogP contribution in [0.3, 0.4) is 0 Å². The van der Waals surface area contributed by atoms with Crippen LogP contribution in [0.1, 0.15) is 57.7 Å². The molecule has 0 heterocycles. The van der Waals surface area contributed by atoms with Gasteiger partial charge in [0.05, 0.1) is 0 Å². The van der Waals surface area contributed by atoms with Crippen LogP contribution in [0.4, 0.5) is 0 Å². The SMILES string of the molecule is Cc1ccc(C(C)(C)CCO[Si](C)(C)C(C)(C)C)c(C)c1. The molecular formula is C19H34OSi. The Hall–Kier alpha value is -0.603. The topological polar surface area (TPSA) is 9.23 Å². The molecule has 0 bridgehead atoms. The summed E-state index contributed by atoms with van der Waals surface area (Å²) >= 11 is 0. The number of benzene rings is 1. The van der Waals surface area contributed by atoms with Gasteiger partial charge in [0.15, 0.2) is 8.32 Å². The van der Waals surface area contributed by atoms with Gasteiger partial charge in [0.2, 0.25) is 0 Å². The maximum Gasteiger partial charge on any atom is 0.191 e. The lowest BCUT2D eigenvalue weighted by Crippen LogP contribution is -2.41. The van der Waals surface area contributed by atoms with E-state index in [1.165, 1.54) is 16.7 Å². The second-order valence-electron chi connectivity index (χ2n) is 8.56. The third kappa shape index (κ3) is 4.69. The molecule has 0 spiro atoms. The summed E-state index contributed by atoms with van der Waals surface area (Å²) in [5, 5.41) is 0.289. The highest BCUT2D eigenvalue weighted by molar-refractivity contribution is 6.74. The van der Waals surface area contributed by atoms with Crippen LogP contribution in [0.15, 0.2) is 18.2 Å². The summed E-state index contributed by atoms with van der Waals surface area (Å²) in [7, 11) is -1.63. The lowest BCUT2D eigenvalue weighted by atomic mass is 9.79. The minimum atomic E-state index is -1.63. The van der Waals surface area contributed by atoms with Crippen molar-refractivity contribution in [2.45, 2.75) is 78.4 Å². The quantitative estimate of drug-likeness (QED) is 0.607. The molecule has 2 heteroatoms. The summed E-state index contributed by atoms with van der Waals surface area (Å²) in [6.07, 6.45) is 1.07. The Labute approximate surface area is 133 Å². The average Bonchev–Trinajstić information content (AvgIpc) is 2.25. The Morgan fingerprint density at radius 2 is 1.57 bits per heavy atom. The van der Waals surface area contributed by atoms with Gasteiger partial charge in [-0.25, -0.2) is 0 Å². The van der Waals surface area contributed by atoms with Gasteiger partial charge in [-0.2, -0.15) is 0 Å². The summed E-state index contributed by atoms with van der Waals surface area (Å²) in [5.74, 6) is 0. The monoisotopic (exact) mass is 306 g/mol. The summed E-state index contributed by atoms with van der Waals surface area (Å²) in [5.41, 5.74) is 4.35. The van der Waals surface area contributed by atoms with E-state index >= 15 is 0 Å².